The highest BCUT2D eigenvalue weighted by molar-refractivity contribution is 7.99. The van der Waals surface area contributed by atoms with E-state index in [9.17, 15) is 8.42 Å². The van der Waals surface area contributed by atoms with Crippen molar-refractivity contribution >= 4 is 72.4 Å². The average molecular weight is 445 g/mol. The predicted octanol–water partition coefficient (Wildman–Crippen LogP) is 4.11. The van der Waals surface area contributed by atoms with Crippen LogP contribution in [0, 0.1) is 0 Å². The second-order valence-electron chi connectivity index (χ2n) is 5.24. The Labute approximate surface area is 172 Å². The van der Waals surface area contributed by atoms with Gasteiger partial charge in [0.15, 0.2) is 9.84 Å². The van der Waals surface area contributed by atoms with Crippen LogP contribution in [0.15, 0.2) is 54.7 Å². The summed E-state index contributed by atoms with van der Waals surface area (Å²) in [4.78, 5) is 0.0951. The molecule has 0 atom stereocenters. The maximum atomic E-state index is 13.0. The minimum absolute atomic E-state index is 0.0261. The molecule has 0 spiro atoms. The van der Waals surface area contributed by atoms with E-state index in [4.69, 9.17) is 53.4 Å². The fourth-order valence-electron chi connectivity index (χ4n) is 2.05. The van der Waals surface area contributed by atoms with Gasteiger partial charge in [0.2, 0.25) is 0 Å². The summed E-state index contributed by atoms with van der Waals surface area (Å²) >= 11 is 21.5. The first-order valence-corrected chi connectivity index (χ1v) is 10.4. The molecule has 0 aliphatic carbocycles. The van der Waals surface area contributed by atoms with Crippen LogP contribution < -0.4 is 11.1 Å². The molecule has 0 heterocycles. The van der Waals surface area contributed by atoms with E-state index in [1.54, 1.807) is 48.5 Å². The van der Waals surface area contributed by atoms with Crippen LogP contribution in [-0.2, 0) is 15.6 Å². The Morgan fingerprint density at radius 1 is 1.00 bits per heavy atom. The van der Waals surface area contributed by atoms with Crippen LogP contribution in [0.25, 0.3) is 4.91 Å². The lowest BCUT2D eigenvalue weighted by Crippen LogP contribution is -2.30. The Bertz CT molecular complexity index is 955. The van der Waals surface area contributed by atoms with Gasteiger partial charge >= 0.3 is 0 Å². The third-order valence-corrected chi connectivity index (χ3v) is 6.20. The molecule has 26 heavy (non-hydrogen) atoms. The standard InChI is InChI=1S/C17H14Cl2N2O2S3/c18-13-5-1-11(2-6-13)10-26(22,23)15(9-21-17(25)16(20)24)12-3-7-14(19)8-4-12/h1-9H,10H2,(H2,20,24)(H,21,25)/b15-9+. The number of thiocarbonyl (C=S) groups is 2. The number of benzene rings is 2. The molecular formula is C17H14Cl2N2O2S3. The van der Waals surface area contributed by atoms with E-state index in [0.717, 1.165) is 0 Å². The molecule has 0 aromatic heterocycles. The zero-order valence-corrected chi connectivity index (χ0v) is 17.2. The molecule has 0 saturated carbocycles. The van der Waals surface area contributed by atoms with Gasteiger partial charge < -0.3 is 11.1 Å². The van der Waals surface area contributed by atoms with E-state index in [1.165, 1.54) is 6.20 Å². The summed E-state index contributed by atoms with van der Waals surface area (Å²) in [6.07, 6.45) is 1.29. The molecule has 2 rings (SSSR count). The smallest absolute Gasteiger partial charge is 0.184 e. The molecule has 0 aliphatic rings. The fraction of sp³-hybridized carbons (Fsp3) is 0.0588. The zero-order valence-electron chi connectivity index (χ0n) is 13.3. The zero-order chi connectivity index (χ0) is 19.3. The Morgan fingerprint density at radius 2 is 1.50 bits per heavy atom. The minimum atomic E-state index is -3.71. The number of nitrogens with one attached hydrogen (secondary N) is 1. The average Bonchev–Trinajstić information content (AvgIpc) is 2.58. The van der Waals surface area contributed by atoms with Crippen molar-refractivity contribution in [3.8, 4) is 0 Å². The van der Waals surface area contributed by atoms with E-state index in [2.05, 4.69) is 5.32 Å². The van der Waals surface area contributed by atoms with Crippen molar-refractivity contribution in [2.24, 2.45) is 5.73 Å². The van der Waals surface area contributed by atoms with Crippen LogP contribution in [0.5, 0.6) is 0 Å². The monoisotopic (exact) mass is 444 g/mol. The Morgan fingerprint density at radius 3 is 2.00 bits per heavy atom. The van der Waals surface area contributed by atoms with Gasteiger partial charge in [-0.2, -0.15) is 0 Å². The summed E-state index contributed by atoms with van der Waals surface area (Å²) in [5, 5.41) is 3.69. The quantitative estimate of drug-likeness (QED) is 0.675. The Hall–Kier alpha value is -1.51. The van der Waals surface area contributed by atoms with Crippen LogP contribution in [0.3, 0.4) is 0 Å². The third kappa shape index (κ3) is 5.75. The second kappa shape index (κ2) is 8.92. The maximum absolute atomic E-state index is 13.0. The first-order valence-electron chi connectivity index (χ1n) is 7.22. The second-order valence-corrected chi connectivity index (χ2v) is 8.92. The summed E-state index contributed by atoms with van der Waals surface area (Å²) in [6.45, 7) is 0. The lowest BCUT2D eigenvalue weighted by molar-refractivity contribution is 0.605. The number of hydrogen-bond acceptors (Lipinski definition) is 4. The van der Waals surface area contributed by atoms with Crippen LogP contribution in [0.2, 0.25) is 10.0 Å². The van der Waals surface area contributed by atoms with Gasteiger partial charge in [0, 0.05) is 16.2 Å². The van der Waals surface area contributed by atoms with Gasteiger partial charge in [-0.05, 0) is 35.4 Å². The lowest BCUT2D eigenvalue weighted by Gasteiger charge is -2.11. The van der Waals surface area contributed by atoms with Gasteiger partial charge in [0.05, 0.1) is 10.7 Å². The molecule has 0 aliphatic heterocycles. The normalized spacial score (nSPS) is 11.8. The molecule has 9 heteroatoms. The van der Waals surface area contributed by atoms with Crippen LogP contribution in [0.1, 0.15) is 11.1 Å². The van der Waals surface area contributed by atoms with Gasteiger partial charge in [-0.15, -0.1) is 0 Å². The van der Waals surface area contributed by atoms with Crippen molar-refractivity contribution in [3.63, 3.8) is 0 Å². The van der Waals surface area contributed by atoms with Gasteiger partial charge in [0.25, 0.3) is 0 Å². The van der Waals surface area contributed by atoms with E-state index < -0.39 is 9.84 Å². The van der Waals surface area contributed by atoms with Crippen LogP contribution in [-0.4, -0.2) is 18.4 Å². The first kappa shape index (κ1) is 20.8. The van der Waals surface area contributed by atoms with Crippen molar-refractivity contribution in [1.82, 2.24) is 5.32 Å². The molecule has 0 unspecified atom stereocenters. The van der Waals surface area contributed by atoms with Crippen LogP contribution in [0.4, 0.5) is 0 Å². The molecule has 0 amide bonds. The number of nitrogens with two attached hydrogens (primary N) is 1. The van der Waals surface area contributed by atoms with E-state index in [0.29, 0.717) is 21.2 Å². The first-order chi connectivity index (χ1) is 12.2. The summed E-state index contributed by atoms with van der Waals surface area (Å²) in [5.41, 5.74) is 6.51. The summed E-state index contributed by atoms with van der Waals surface area (Å²) < 4.78 is 25.9. The summed E-state index contributed by atoms with van der Waals surface area (Å²) in [7, 11) is -3.71. The molecule has 4 nitrogen and oxygen atoms in total. The topological polar surface area (TPSA) is 72.2 Å². The van der Waals surface area contributed by atoms with Crippen molar-refractivity contribution in [2.75, 3.05) is 0 Å². The molecule has 0 fully saturated rings. The fourth-order valence-corrected chi connectivity index (χ4v) is 3.94. The molecule has 136 valence electrons. The van der Waals surface area contributed by atoms with Crippen LogP contribution >= 0.6 is 47.6 Å². The summed E-state index contributed by atoms with van der Waals surface area (Å²) in [5.74, 6) is -0.208. The number of hydrogen-bond donors (Lipinski definition) is 2. The van der Waals surface area contributed by atoms with Gasteiger partial charge in [0.1, 0.15) is 9.98 Å². The molecule has 2 aromatic carbocycles. The largest absolute Gasteiger partial charge is 0.388 e. The number of sulfone groups is 1. The summed E-state index contributed by atoms with van der Waals surface area (Å²) in [6, 6.07) is 13.0. The Kier molecular flexibility index (Phi) is 7.14. The number of halogens is 2. The Balaban J connectivity index is 2.42. The molecule has 2 aromatic rings. The highest BCUT2D eigenvalue weighted by Gasteiger charge is 2.21. The van der Waals surface area contributed by atoms with Crippen molar-refractivity contribution in [2.45, 2.75) is 5.75 Å². The lowest BCUT2D eigenvalue weighted by atomic mass is 10.2. The minimum Gasteiger partial charge on any atom is -0.388 e. The number of rotatable bonds is 5. The van der Waals surface area contributed by atoms with Crippen molar-refractivity contribution < 1.29 is 8.42 Å². The van der Waals surface area contributed by atoms with Crippen molar-refractivity contribution in [1.29, 1.82) is 0 Å². The predicted molar refractivity (Wildman–Crippen MR) is 116 cm³/mol. The van der Waals surface area contributed by atoms with Gasteiger partial charge in [-0.1, -0.05) is 71.9 Å². The highest BCUT2D eigenvalue weighted by atomic mass is 35.5. The highest BCUT2D eigenvalue weighted by Crippen LogP contribution is 2.26. The molecule has 0 saturated heterocycles. The maximum Gasteiger partial charge on any atom is 0.184 e. The molecule has 3 N–H and O–H groups in total. The van der Waals surface area contributed by atoms with Crippen molar-refractivity contribution in [3.05, 3.63) is 75.9 Å². The van der Waals surface area contributed by atoms with E-state index in [1.807, 2.05) is 0 Å². The van der Waals surface area contributed by atoms with Gasteiger partial charge in [-0.3, -0.25) is 0 Å². The molecule has 0 bridgehead atoms. The molecule has 0 radical (unpaired) electrons. The SMILES string of the molecule is NC(=S)C(=S)N/C=C(\c1ccc(Cl)cc1)S(=O)(=O)Cc1ccc(Cl)cc1. The third-order valence-electron chi connectivity index (χ3n) is 3.29. The molecular weight excluding hydrogens is 431 g/mol. The van der Waals surface area contributed by atoms with E-state index >= 15 is 0 Å². The van der Waals surface area contributed by atoms with Gasteiger partial charge in [-0.25, -0.2) is 8.42 Å². The van der Waals surface area contributed by atoms with E-state index in [-0.39, 0.29) is 20.6 Å².